The molecule has 3 aliphatic carbocycles. The number of fused-ring (bicyclic) bond motifs is 1. The fourth-order valence-electron chi connectivity index (χ4n) is 8.37. The van der Waals surface area contributed by atoms with Crippen molar-refractivity contribution in [3.63, 3.8) is 0 Å². The van der Waals surface area contributed by atoms with Gasteiger partial charge in [-0.25, -0.2) is 0 Å². The fraction of sp³-hybridized carbons (Fsp3) is 0.758. The standard InChI is InChI=1S/C33H52O4S/c1-21(2)33(20-34,30-15-10-23(4)38-30)17-6-8-22(3)26-13-14-27-25(9-7-16-32(26,27)5)12-11-24-18-28(35)31(37)29(36)19-24/h10-12,15,21-22,26-29,31,34-37H,6-9,13-14,16-20H2,1-5H3/b24-11?,25-12-/t22?,26-,27?,28-,29+,31?,32-,33+/m1/s1. The van der Waals surface area contributed by atoms with Crippen LogP contribution in [0.2, 0.25) is 0 Å². The van der Waals surface area contributed by atoms with Crippen LogP contribution in [-0.4, -0.2) is 45.3 Å². The van der Waals surface area contributed by atoms with Crippen molar-refractivity contribution < 1.29 is 20.4 Å². The Hall–Kier alpha value is -0.980. The molecule has 4 rings (SSSR count). The number of aliphatic hydroxyl groups excluding tert-OH is 4. The predicted molar refractivity (Wildman–Crippen MR) is 157 cm³/mol. The van der Waals surface area contributed by atoms with Crippen LogP contribution in [0.15, 0.2) is 35.4 Å². The number of hydrogen-bond donors (Lipinski definition) is 4. The van der Waals surface area contributed by atoms with Crippen molar-refractivity contribution in [2.75, 3.05) is 6.61 Å². The molecule has 0 saturated heterocycles. The molecule has 1 aromatic heterocycles. The third-order valence-corrected chi connectivity index (χ3v) is 12.1. The Morgan fingerprint density at radius 2 is 1.79 bits per heavy atom. The van der Waals surface area contributed by atoms with Gasteiger partial charge in [0.15, 0.2) is 0 Å². The minimum atomic E-state index is -1.03. The second-order valence-electron chi connectivity index (χ2n) is 13.4. The van der Waals surface area contributed by atoms with Crippen LogP contribution in [0.1, 0.15) is 102 Å². The van der Waals surface area contributed by atoms with Crippen molar-refractivity contribution in [2.45, 2.75) is 123 Å². The molecule has 5 heteroatoms. The van der Waals surface area contributed by atoms with E-state index in [4.69, 9.17) is 0 Å². The Kier molecular flexibility index (Phi) is 9.68. The molecule has 214 valence electrons. The molecule has 8 atom stereocenters. The van der Waals surface area contributed by atoms with E-state index in [0.717, 1.165) is 30.8 Å². The average Bonchev–Trinajstić information content (AvgIpc) is 3.46. The van der Waals surface area contributed by atoms with Gasteiger partial charge in [0.25, 0.3) is 0 Å². The number of hydrogen-bond acceptors (Lipinski definition) is 5. The molecule has 0 bridgehead atoms. The van der Waals surface area contributed by atoms with Crippen LogP contribution in [-0.2, 0) is 5.41 Å². The lowest BCUT2D eigenvalue weighted by Crippen LogP contribution is -2.41. The molecular formula is C33H52O4S. The van der Waals surface area contributed by atoms with Crippen molar-refractivity contribution in [1.29, 1.82) is 0 Å². The minimum Gasteiger partial charge on any atom is -0.395 e. The lowest BCUT2D eigenvalue weighted by molar-refractivity contribution is -0.0713. The van der Waals surface area contributed by atoms with E-state index in [1.165, 1.54) is 41.9 Å². The number of aliphatic hydroxyl groups is 4. The van der Waals surface area contributed by atoms with Crippen LogP contribution < -0.4 is 0 Å². The summed E-state index contributed by atoms with van der Waals surface area (Å²) in [5, 5.41) is 40.6. The van der Waals surface area contributed by atoms with Gasteiger partial charge in [0.2, 0.25) is 0 Å². The highest BCUT2D eigenvalue weighted by Gasteiger charge is 2.50. The van der Waals surface area contributed by atoms with Crippen molar-refractivity contribution in [3.8, 4) is 0 Å². The molecule has 4 N–H and O–H groups in total. The molecule has 3 fully saturated rings. The zero-order valence-electron chi connectivity index (χ0n) is 24.3. The summed E-state index contributed by atoms with van der Waals surface area (Å²) in [5.74, 6) is 2.42. The van der Waals surface area contributed by atoms with Crippen LogP contribution in [0.25, 0.3) is 0 Å². The molecule has 3 saturated carbocycles. The summed E-state index contributed by atoms with van der Waals surface area (Å²) in [7, 11) is 0. The summed E-state index contributed by atoms with van der Waals surface area (Å²) in [6.07, 6.45) is 12.2. The Morgan fingerprint density at radius 1 is 1.08 bits per heavy atom. The van der Waals surface area contributed by atoms with Gasteiger partial charge < -0.3 is 20.4 Å². The van der Waals surface area contributed by atoms with E-state index >= 15 is 0 Å². The summed E-state index contributed by atoms with van der Waals surface area (Å²) in [6, 6.07) is 4.44. The van der Waals surface area contributed by atoms with Crippen LogP contribution in [0, 0.1) is 36.0 Å². The zero-order valence-corrected chi connectivity index (χ0v) is 25.1. The van der Waals surface area contributed by atoms with Gasteiger partial charge in [-0.3, -0.25) is 0 Å². The molecular weight excluding hydrogens is 492 g/mol. The van der Waals surface area contributed by atoms with Gasteiger partial charge in [-0.15, -0.1) is 11.3 Å². The van der Waals surface area contributed by atoms with Gasteiger partial charge in [-0.2, -0.15) is 0 Å². The highest BCUT2D eigenvalue weighted by molar-refractivity contribution is 7.12. The van der Waals surface area contributed by atoms with Crippen LogP contribution in [0.4, 0.5) is 0 Å². The maximum Gasteiger partial charge on any atom is 0.106 e. The Bertz CT molecular complexity index is 981. The Balaban J connectivity index is 1.41. The van der Waals surface area contributed by atoms with Crippen LogP contribution in [0.5, 0.6) is 0 Å². The van der Waals surface area contributed by atoms with E-state index < -0.39 is 18.3 Å². The van der Waals surface area contributed by atoms with E-state index in [9.17, 15) is 20.4 Å². The number of allylic oxidation sites excluding steroid dienone is 3. The molecule has 0 aliphatic heterocycles. The molecule has 3 aliphatic rings. The van der Waals surface area contributed by atoms with E-state index in [-0.39, 0.29) is 12.0 Å². The summed E-state index contributed by atoms with van der Waals surface area (Å²) in [4.78, 5) is 2.67. The normalized spacial score (nSPS) is 36.5. The lowest BCUT2D eigenvalue weighted by atomic mass is 9.60. The molecule has 3 unspecified atom stereocenters. The zero-order chi connectivity index (χ0) is 27.7. The van der Waals surface area contributed by atoms with Gasteiger partial charge in [-0.05, 0) is 99.5 Å². The maximum atomic E-state index is 10.6. The van der Waals surface area contributed by atoms with Gasteiger partial charge in [0.1, 0.15) is 6.10 Å². The van der Waals surface area contributed by atoms with Gasteiger partial charge in [0.05, 0.1) is 18.8 Å². The molecule has 0 radical (unpaired) electrons. The molecule has 0 spiro atoms. The molecule has 1 aromatic rings. The number of aryl methyl sites for hydroxylation is 1. The minimum absolute atomic E-state index is 0.134. The highest BCUT2D eigenvalue weighted by atomic mass is 32.1. The Labute approximate surface area is 234 Å². The summed E-state index contributed by atoms with van der Waals surface area (Å²) >= 11 is 1.85. The largest absolute Gasteiger partial charge is 0.395 e. The monoisotopic (exact) mass is 544 g/mol. The maximum absolute atomic E-state index is 10.6. The topological polar surface area (TPSA) is 80.9 Å². The van der Waals surface area contributed by atoms with Gasteiger partial charge in [0, 0.05) is 15.2 Å². The average molecular weight is 545 g/mol. The fourth-order valence-corrected chi connectivity index (χ4v) is 9.60. The van der Waals surface area contributed by atoms with E-state index in [2.05, 4.69) is 58.9 Å². The van der Waals surface area contributed by atoms with Crippen molar-refractivity contribution >= 4 is 11.3 Å². The van der Waals surface area contributed by atoms with Crippen molar-refractivity contribution in [3.05, 3.63) is 45.2 Å². The Morgan fingerprint density at radius 3 is 2.39 bits per heavy atom. The molecule has 38 heavy (non-hydrogen) atoms. The second kappa shape index (κ2) is 12.3. The lowest BCUT2D eigenvalue weighted by Gasteiger charge is -2.44. The van der Waals surface area contributed by atoms with Crippen molar-refractivity contribution in [1.82, 2.24) is 0 Å². The van der Waals surface area contributed by atoms with Gasteiger partial charge in [-0.1, -0.05) is 63.8 Å². The van der Waals surface area contributed by atoms with E-state index in [0.29, 0.717) is 36.0 Å². The molecule has 1 heterocycles. The SMILES string of the molecule is Cc1ccc([C@](CO)(CCCC(C)[C@H]2CCC3/C(=C\C=C4C[C@@H](O)C(O)[C@@H](O)C4)CCC[C@@]32C)C(C)C)s1. The summed E-state index contributed by atoms with van der Waals surface area (Å²) in [5.41, 5.74) is 2.78. The first kappa shape index (κ1) is 30.0. The summed E-state index contributed by atoms with van der Waals surface area (Å²) in [6.45, 7) is 11.9. The second-order valence-corrected chi connectivity index (χ2v) is 14.7. The number of thiophene rings is 1. The van der Waals surface area contributed by atoms with Crippen LogP contribution >= 0.6 is 11.3 Å². The number of rotatable bonds is 9. The smallest absolute Gasteiger partial charge is 0.106 e. The predicted octanol–water partition coefficient (Wildman–Crippen LogP) is 6.69. The third kappa shape index (κ3) is 5.88. The van der Waals surface area contributed by atoms with E-state index in [1.807, 2.05) is 11.3 Å². The summed E-state index contributed by atoms with van der Waals surface area (Å²) < 4.78 is 0. The van der Waals surface area contributed by atoms with Crippen LogP contribution in [0.3, 0.4) is 0 Å². The first-order chi connectivity index (χ1) is 18.0. The first-order valence-electron chi connectivity index (χ1n) is 15.1. The first-order valence-corrected chi connectivity index (χ1v) is 15.9. The van der Waals surface area contributed by atoms with E-state index in [1.54, 1.807) is 5.57 Å². The molecule has 4 nitrogen and oxygen atoms in total. The highest BCUT2D eigenvalue weighted by Crippen LogP contribution is 2.60. The quantitative estimate of drug-likeness (QED) is 0.279. The van der Waals surface area contributed by atoms with Gasteiger partial charge >= 0.3 is 0 Å². The van der Waals surface area contributed by atoms with Crippen molar-refractivity contribution in [2.24, 2.45) is 29.1 Å². The molecule has 0 aromatic carbocycles. The molecule has 0 amide bonds. The third-order valence-electron chi connectivity index (χ3n) is 10.9.